The Bertz CT molecular complexity index is 778. The van der Waals surface area contributed by atoms with Crippen LogP contribution in [-0.2, 0) is 9.59 Å². The van der Waals surface area contributed by atoms with Crippen molar-refractivity contribution in [2.45, 2.75) is 51.4 Å². The van der Waals surface area contributed by atoms with Gasteiger partial charge in [0.1, 0.15) is 0 Å². The number of fused-ring (bicyclic) bond motifs is 2. The lowest BCUT2D eigenvalue weighted by Crippen LogP contribution is -2.32. The molecule has 2 saturated carbocycles. The number of rotatable bonds is 5. The third kappa shape index (κ3) is 3.42. The van der Waals surface area contributed by atoms with E-state index in [1.54, 1.807) is 0 Å². The maximum absolute atomic E-state index is 12.5. The van der Waals surface area contributed by atoms with Crippen molar-refractivity contribution in [2.75, 3.05) is 10.7 Å². The minimum Gasteiger partial charge on any atom is -0.294 e. The molecular weight excluding hydrogens is 468 g/mol. The van der Waals surface area contributed by atoms with Crippen LogP contribution in [0.15, 0.2) is 46.6 Å². The number of carbonyl (C=O) groups is 2. The molecule has 2 atom stereocenters. The Morgan fingerprint density at radius 3 is 2.30 bits per heavy atom. The molecule has 0 bridgehead atoms. The summed E-state index contributed by atoms with van der Waals surface area (Å²) in [7, 11) is 0. The van der Waals surface area contributed by atoms with E-state index in [0.717, 1.165) is 30.4 Å². The molecule has 0 aromatic carbocycles. The van der Waals surface area contributed by atoms with E-state index in [4.69, 9.17) is 0 Å². The van der Waals surface area contributed by atoms with Gasteiger partial charge in [-0.25, -0.2) is 0 Å². The average molecular weight is 494 g/mol. The average Bonchev–Trinajstić information content (AvgIpc) is 3.35. The Hall–Kier alpha value is -0.740. The van der Waals surface area contributed by atoms with Crippen LogP contribution in [0.4, 0.5) is 0 Å². The Morgan fingerprint density at radius 2 is 1.67 bits per heavy atom. The van der Waals surface area contributed by atoms with Gasteiger partial charge in [0.15, 0.2) is 11.6 Å². The third-order valence-electron chi connectivity index (χ3n) is 7.23. The first-order valence-electron chi connectivity index (χ1n) is 10.1. The minimum absolute atomic E-state index is 0.194. The van der Waals surface area contributed by atoms with E-state index in [1.807, 2.05) is 6.08 Å². The summed E-state index contributed by atoms with van der Waals surface area (Å²) >= 11 is 6.66. The summed E-state index contributed by atoms with van der Waals surface area (Å²) < 4.78 is 0. The van der Waals surface area contributed by atoms with Gasteiger partial charge in [0, 0.05) is 0 Å². The fourth-order valence-electron chi connectivity index (χ4n) is 6.00. The molecule has 27 heavy (non-hydrogen) atoms. The van der Waals surface area contributed by atoms with Crippen LogP contribution in [0.3, 0.4) is 0 Å². The molecule has 0 aliphatic heterocycles. The molecule has 0 aromatic rings. The molecule has 2 unspecified atom stereocenters. The number of allylic oxidation sites excluding steroid dienone is 8. The molecule has 0 amide bonds. The van der Waals surface area contributed by atoms with E-state index in [-0.39, 0.29) is 11.6 Å². The first-order valence-corrected chi connectivity index (χ1v) is 12.3. The molecule has 0 saturated heterocycles. The van der Waals surface area contributed by atoms with Crippen molar-refractivity contribution in [3.05, 3.63) is 46.6 Å². The molecule has 2 fully saturated rings. The molecular formula is C23H26Br2O2. The van der Waals surface area contributed by atoms with E-state index in [1.165, 1.54) is 43.3 Å². The van der Waals surface area contributed by atoms with E-state index in [0.29, 0.717) is 27.9 Å². The molecule has 4 aliphatic carbocycles. The smallest absolute Gasteiger partial charge is 0.169 e. The van der Waals surface area contributed by atoms with Gasteiger partial charge in [-0.05, 0) is 78.1 Å². The van der Waals surface area contributed by atoms with Crippen molar-refractivity contribution >= 4 is 43.4 Å². The largest absolute Gasteiger partial charge is 0.294 e. The second-order valence-electron chi connectivity index (χ2n) is 8.43. The van der Waals surface area contributed by atoms with Gasteiger partial charge in [-0.15, -0.1) is 0 Å². The van der Waals surface area contributed by atoms with Gasteiger partial charge < -0.3 is 0 Å². The highest BCUT2D eigenvalue weighted by atomic mass is 79.9. The number of carbonyl (C=O) groups excluding carboxylic acids is 2. The second-order valence-corrected chi connectivity index (χ2v) is 9.56. The number of ketones is 2. The van der Waals surface area contributed by atoms with Crippen LogP contribution >= 0.6 is 31.9 Å². The summed E-state index contributed by atoms with van der Waals surface area (Å²) in [5.41, 5.74) is 5.18. The standard InChI is InChI=1S/C23H26Br2O2/c24-13-20(26)16-5-3-15(4-6-16)17-7-8-18(21(27)14-25)19-9-12-23(22(17)19)10-1-2-11-23/h3,5,7-8,19,22H,1-2,4,6,9-14H2. The maximum Gasteiger partial charge on any atom is 0.169 e. The zero-order valence-corrected chi connectivity index (χ0v) is 18.8. The first-order chi connectivity index (χ1) is 13.1. The van der Waals surface area contributed by atoms with Crippen molar-refractivity contribution in [3.8, 4) is 0 Å². The van der Waals surface area contributed by atoms with Gasteiger partial charge in [0.2, 0.25) is 0 Å². The Labute approximate surface area is 178 Å². The van der Waals surface area contributed by atoms with Crippen LogP contribution < -0.4 is 0 Å². The number of hydrogen-bond acceptors (Lipinski definition) is 2. The molecule has 144 valence electrons. The molecule has 0 radical (unpaired) electrons. The van der Waals surface area contributed by atoms with Crippen LogP contribution in [0.2, 0.25) is 0 Å². The highest BCUT2D eigenvalue weighted by Crippen LogP contribution is 2.62. The zero-order valence-electron chi connectivity index (χ0n) is 15.6. The van der Waals surface area contributed by atoms with E-state index in [9.17, 15) is 9.59 Å². The zero-order chi connectivity index (χ0) is 19.0. The lowest BCUT2D eigenvalue weighted by molar-refractivity contribution is -0.114. The van der Waals surface area contributed by atoms with Gasteiger partial charge in [0.25, 0.3) is 0 Å². The van der Waals surface area contributed by atoms with Crippen LogP contribution in [0, 0.1) is 17.3 Å². The predicted octanol–water partition coefficient (Wildman–Crippen LogP) is 6.01. The summed E-state index contributed by atoms with van der Waals surface area (Å²) in [5.74, 6) is 1.30. The highest BCUT2D eigenvalue weighted by molar-refractivity contribution is 9.09. The minimum atomic E-state index is 0.194. The van der Waals surface area contributed by atoms with Crippen molar-refractivity contribution < 1.29 is 9.59 Å². The monoisotopic (exact) mass is 492 g/mol. The summed E-state index contributed by atoms with van der Waals surface area (Å²) in [4.78, 5) is 24.5. The van der Waals surface area contributed by atoms with Crippen LogP contribution in [0.5, 0.6) is 0 Å². The van der Waals surface area contributed by atoms with Crippen molar-refractivity contribution in [3.63, 3.8) is 0 Å². The molecule has 0 aromatic heterocycles. The molecule has 4 rings (SSSR count). The Kier molecular flexibility index (Phi) is 5.76. The number of halogens is 2. The number of Topliss-reactive ketones (excluding diaryl/α,β-unsaturated/α-hetero) is 2. The lowest BCUT2D eigenvalue weighted by Gasteiger charge is -2.39. The van der Waals surface area contributed by atoms with E-state index >= 15 is 0 Å². The SMILES string of the molecule is O=C(CBr)C1=CC=C(C2=CC=C(C(=O)CBr)C3CCC4(CCCC4)C23)CC1. The normalized spacial score (nSPS) is 29.0. The first kappa shape index (κ1) is 19.6. The molecule has 1 spiro atoms. The molecule has 0 heterocycles. The van der Waals surface area contributed by atoms with E-state index < -0.39 is 0 Å². The fraction of sp³-hybridized carbons (Fsp3) is 0.565. The topological polar surface area (TPSA) is 34.1 Å². The Morgan fingerprint density at radius 1 is 0.926 bits per heavy atom. The van der Waals surface area contributed by atoms with Crippen molar-refractivity contribution in [1.29, 1.82) is 0 Å². The molecule has 4 heteroatoms. The maximum atomic E-state index is 12.5. The van der Waals surface area contributed by atoms with Gasteiger partial charge in [-0.2, -0.15) is 0 Å². The van der Waals surface area contributed by atoms with Crippen molar-refractivity contribution in [1.82, 2.24) is 0 Å². The van der Waals surface area contributed by atoms with Gasteiger partial charge in [-0.1, -0.05) is 69.0 Å². The van der Waals surface area contributed by atoms with Gasteiger partial charge in [0.05, 0.1) is 10.7 Å². The summed E-state index contributed by atoms with van der Waals surface area (Å²) in [5, 5.41) is 0.820. The van der Waals surface area contributed by atoms with Crippen LogP contribution in [0.1, 0.15) is 51.4 Å². The molecule has 4 aliphatic rings. The highest BCUT2D eigenvalue weighted by Gasteiger charge is 2.53. The second kappa shape index (κ2) is 7.94. The van der Waals surface area contributed by atoms with Crippen LogP contribution in [-0.4, -0.2) is 22.2 Å². The number of alkyl halides is 2. The van der Waals surface area contributed by atoms with Crippen molar-refractivity contribution in [2.24, 2.45) is 17.3 Å². The van der Waals surface area contributed by atoms with Gasteiger partial charge >= 0.3 is 0 Å². The summed E-state index contributed by atoms with van der Waals surface area (Å²) in [6.45, 7) is 0. The predicted molar refractivity (Wildman–Crippen MR) is 116 cm³/mol. The lowest BCUT2D eigenvalue weighted by atomic mass is 9.64. The third-order valence-corrected chi connectivity index (χ3v) is 8.25. The van der Waals surface area contributed by atoms with E-state index in [2.05, 4.69) is 50.1 Å². The Balaban J connectivity index is 1.72. The quantitative estimate of drug-likeness (QED) is 0.439. The van der Waals surface area contributed by atoms with Gasteiger partial charge in [-0.3, -0.25) is 9.59 Å². The molecule has 2 nitrogen and oxygen atoms in total. The number of hydrogen-bond donors (Lipinski definition) is 0. The van der Waals surface area contributed by atoms with Crippen LogP contribution in [0.25, 0.3) is 0 Å². The summed E-state index contributed by atoms with van der Waals surface area (Å²) in [6, 6.07) is 0. The molecule has 0 N–H and O–H groups in total. The summed E-state index contributed by atoms with van der Waals surface area (Å²) in [6.07, 6.45) is 17.9. The fourth-order valence-corrected chi connectivity index (χ4v) is 6.68.